The predicted octanol–water partition coefficient (Wildman–Crippen LogP) is 8.30. The molecule has 0 bridgehead atoms. The summed E-state index contributed by atoms with van der Waals surface area (Å²) in [5.41, 5.74) is 4.60. The zero-order valence-corrected chi connectivity index (χ0v) is 17.8. The van der Waals surface area contributed by atoms with Gasteiger partial charge in [0.25, 0.3) is 0 Å². The van der Waals surface area contributed by atoms with Crippen LogP contribution in [0, 0.1) is 0 Å². The Bertz CT molecular complexity index is 1240. The molecule has 166 valence electrons. The van der Waals surface area contributed by atoms with Crippen LogP contribution in [0.2, 0.25) is 0 Å². The Labute approximate surface area is 184 Å². The lowest BCUT2D eigenvalue weighted by molar-refractivity contribution is -0.274. The maximum absolute atomic E-state index is 12.5. The van der Waals surface area contributed by atoms with Gasteiger partial charge in [-0.3, -0.25) is 0 Å². The number of furan rings is 1. The molecule has 5 rings (SSSR count). The minimum absolute atomic E-state index is 0.242. The molecule has 3 aromatic carbocycles. The van der Waals surface area contributed by atoms with Crippen LogP contribution in [0.4, 0.5) is 24.5 Å². The summed E-state index contributed by atoms with van der Waals surface area (Å²) in [6.07, 6.45) is 1.48. The smallest absolute Gasteiger partial charge is 0.454 e. The Morgan fingerprint density at radius 3 is 2.19 bits per heavy atom. The van der Waals surface area contributed by atoms with Crippen LogP contribution >= 0.6 is 0 Å². The monoisotopic (exact) mass is 439 g/mol. The third-order valence-electron chi connectivity index (χ3n) is 6.40. The second-order valence-corrected chi connectivity index (χ2v) is 8.42. The summed E-state index contributed by atoms with van der Waals surface area (Å²) in [7, 11) is 1.88. The maximum atomic E-state index is 12.5. The number of ether oxygens (including phenoxy) is 1. The second-order valence-electron chi connectivity index (χ2n) is 8.42. The Morgan fingerprint density at radius 1 is 0.844 bits per heavy atom. The molecule has 0 N–H and O–H groups in total. The summed E-state index contributed by atoms with van der Waals surface area (Å²) in [6.45, 7) is 0. The first-order valence-electron chi connectivity index (χ1n) is 10.9. The third-order valence-corrected chi connectivity index (χ3v) is 6.40. The molecule has 0 amide bonds. The Hall–Kier alpha value is -3.15. The van der Waals surface area contributed by atoms with Crippen molar-refractivity contribution in [3.8, 4) is 5.75 Å². The van der Waals surface area contributed by atoms with Crippen molar-refractivity contribution in [2.75, 3.05) is 11.9 Å². The van der Waals surface area contributed by atoms with Crippen LogP contribution in [0.15, 0.2) is 65.1 Å². The lowest BCUT2D eigenvalue weighted by Crippen LogP contribution is -2.17. The predicted molar refractivity (Wildman–Crippen MR) is 121 cm³/mol. The number of fused-ring (bicyclic) bond motifs is 3. The SMILES string of the molecule is CN(c1ccc(OC(F)(F)F)cc1)c1cccc2c1oc1c(C3CCCCC3)cccc12. The molecule has 0 atom stereocenters. The fourth-order valence-corrected chi connectivity index (χ4v) is 4.84. The van der Waals surface area contributed by atoms with Gasteiger partial charge < -0.3 is 14.1 Å². The molecule has 3 nitrogen and oxygen atoms in total. The van der Waals surface area contributed by atoms with Gasteiger partial charge in [-0.15, -0.1) is 13.2 Å². The van der Waals surface area contributed by atoms with E-state index in [-0.39, 0.29) is 5.75 Å². The number of para-hydroxylation sites is 2. The van der Waals surface area contributed by atoms with Crippen molar-refractivity contribution in [3.05, 3.63) is 66.2 Å². The number of hydrogen-bond donors (Lipinski definition) is 0. The molecule has 4 aromatic rings. The van der Waals surface area contributed by atoms with Crippen LogP contribution in [0.25, 0.3) is 21.9 Å². The first-order valence-corrected chi connectivity index (χ1v) is 10.9. The topological polar surface area (TPSA) is 25.6 Å². The molecule has 0 spiro atoms. The zero-order valence-electron chi connectivity index (χ0n) is 17.8. The number of rotatable bonds is 4. The summed E-state index contributed by atoms with van der Waals surface area (Å²) in [5, 5.41) is 2.14. The average Bonchev–Trinajstić information content (AvgIpc) is 3.18. The van der Waals surface area contributed by atoms with Crippen molar-refractivity contribution in [2.24, 2.45) is 0 Å². The van der Waals surface area contributed by atoms with Crippen LogP contribution in [-0.2, 0) is 0 Å². The molecule has 1 fully saturated rings. The van der Waals surface area contributed by atoms with E-state index >= 15 is 0 Å². The highest BCUT2D eigenvalue weighted by atomic mass is 19.4. The van der Waals surface area contributed by atoms with Gasteiger partial charge in [0.15, 0.2) is 5.58 Å². The third kappa shape index (κ3) is 3.90. The molecule has 1 aromatic heterocycles. The van der Waals surface area contributed by atoms with Gasteiger partial charge in [-0.2, -0.15) is 0 Å². The minimum Gasteiger partial charge on any atom is -0.454 e. The van der Waals surface area contributed by atoms with Gasteiger partial charge in [0, 0.05) is 23.5 Å². The van der Waals surface area contributed by atoms with Crippen molar-refractivity contribution in [1.29, 1.82) is 0 Å². The summed E-state index contributed by atoms with van der Waals surface area (Å²) in [4.78, 5) is 1.92. The average molecular weight is 439 g/mol. The van der Waals surface area contributed by atoms with E-state index in [1.807, 2.05) is 24.1 Å². The van der Waals surface area contributed by atoms with Crippen molar-refractivity contribution < 1.29 is 22.3 Å². The molecule has 1 saturated carbocycles. The van der Waals surface area contributed by atoms with Crippen LogP contribution in [0.5, 0.6) is 5.75 Å². The van der Waals surface area contributed by atoms with E-state index < -0.39 is 6.36 Å². The van der Waals surface area contributed by atoms with Crippen molar-refractivity contribution in [3.63, 3.8) is 0 Å². The number of alkyl halides is 3. The van der Waals surface area contributed by atoms with Gasteiger partial charge in [0.1, 0.15) is 11.3 Å². The first-order chi connectivity index (χ1) is 15.4. The number of halogens is 3. The Balaban J connectivity index is 1.54. The van der Waals surface area contributed by atoms with Crippen LogP contribution in [0.3, 0.4) is 0 Å². The van der Waals surface area contributed by atoms with Crippen molar-refractivity contribution in [2.45, 2.75) is 44.4 Å². The molecule has 32 heavy (non-hydrogen) atoms. The van der Waals surface area contributed by atoms with Gasteiger partial charge in [0.2, 0.25) is 0 Å². The summed E-state index contributed by atoms with van der Waals surface area (Å²) >= 11 is 0. The van der Waals surface area contributed by atoms with Gasteiger partial charge >= 0.3 is 6.36 Å². The lowest BCUT2D eigenvalue weighted by Gasteiger charge is -2.22. The first kappa shape index (κ1) is 20.7. The summed E-state index contributed by atoms with van der Waals surface area (Å²) in [5.74, 6) is 0.282. The molecule has 0 aliphatic heterocycles. The van der Waals surface area contributed by atoms with E-state index in [1.54, 1.807) is 12.1 Å². The van der Waals surface area contributed by atoms with E-state index in [0.717, 1.165) is 33.3 Å². The quantitative estimate of drug-likeness (QED) is 0.320. The van der Waals surface area contributed by atoms with E-state index in [0.29, 0.717) is 5.92 Å². The van der Waals surface area contributed by atoms with Crippen LogP contribution < -0.4 is 9.64 Å². The molecule has 6 heteroatoms. The largest absolute Gasteiger partial charge is 0.573 e. The number of nitrogens with zero attached hydrogens (tertiary/aromatic N) is 1. The zero-order chi connectivity index (χ0) is 22.3. The van der Waals surface area contributed by atoms with E-state index in [9.17, 15) is 13.2 Å². The number of benzene rings is 3. The standard InChI is InChI=1S/C26H24F3NO2/c1-30(18-13-15-19(16-14-18)32-26(27,28)29)23-12-6-11-22-21-10-5-9-20(24(21)31-25(22)23)17-7-3-2-4-8-17/h5-6,9-17H,2-4,7-8H2,1H3. The normalized spacial score (nSPS) is 15.4. The van der Waals surface area contributed by atoms with Gasteiger partial charge in [-0.1, -0.05) is 49.6 Å². The Kier molecular flexibility index (Phi) is 5.24. The molecule has 1 aliphatic rings. The van der Waals surface area contributed by atoms with Crippen LogP contribution in [0.1, 0.15) is 43.6 Å². The maximum Gasteiger partial charge on any atom is 0.573 e. The van der Waals surface area contributed by atoms with Gasteiger partial charge in [-0.05, 0) is 54.7 Å². The van der Waals surface area contributed by atoms with E-state index in [4.69, 9.17) is 4.42 Å². The highest BCUT2D eigenvalue weighted by molar-refractivity contribution is 6.10. The van der Waals surface area contributed by atoms with Gasteiger partial charge in [0.05, 0.1) is 5.69 Å². The minimum atomic E-state index is -4.71. The summed E-state index contributed by atoms with van der Waals surface area (Å²) < 4.78 is 47.9. The van der Waals surface area contributed by atoms with E-state index in [1.165, 1.54) is 49.8 Å². The highest BCUT2D eigenvalue weighted by Crippen LogP contribution is 2.42. The highest BCUT2D eigenvalue weighted by Gasteiger charge is 2.31. The molecule has 0 unspecified atom stereocenters. The van der Waals surface area contributed by atoms with Crippen molar-refractivity contribution >= 4 is 33.3 Å². The molecular formula is C26H24F3NO2. The molecular weight excluding hydrogens is 415 g/mol. The molecule has 0 saturated heterocycles. The number of anilines is 2. The van der Waals surface area contributed by atoms with E-state index in [2.05, 4.69) is 29.0 Å². The fraction of sp³-hybridized carbons (Fsp3) is 0.308. The van der Waals surface area contributed by atoms with Gasteiger partial charge in [-0.25, -0.2) is 0 Å². The lowest BCUT2D eigenvalue weighted by atomic mass is 9.83. The molecule has 0 radical (unpaired) electrons. The van der Waals surface area contributed by atoms with Crippen LogP contribution in [-0.4, -0.2) is 13.4 Å². The Morgan fingerprint density at radius 2 is 1.50 bits per heavy atom. The molecule has 1 heterocycles. The summed E-state index contributed by atoms with van der Waals surface area (Å²) in [6, 6.07) is 18.2. The fourth-order valence-electron chi connectivity index (χ4n) is 4.84. The number of hydrogen-bond acceptors (Lipinski definition) is 3. The second kappa shape index (κ2) is 8.08. The molecule has 1 aliphatic carbocycles. The van der Waals surface area contributed by atoms with Crippen molar-refractivity contribution in [1.82, 2.24) is 0 Å².